The second kappa shape index (κ2) is 6.95. The van der Waals surface area contributed by atoms with E-state index >= 15 is 0 Å². The Balaban J connectivity index is 3.27. The lowest BCUT2D eigenvalue weighted by molar-refractivity contribution is -0.143. The maximum Gasteiger partial charge on any atom is 0.315 e. The fourth-order valence-corrected chi connectivity index (χ4v) is 2.35. The van der Waals surface area contributed by atoms with Crippen LogP contribution in [0.5, 0.6) is 5.75 Å². The molecule has 2 unspecified atom stereocenters. The molecule has 1 rings (SSSR count). The molecule has 0 aromatic heterocycles. The molecule has 0 saturated carbocycles. The van der Waals surface area contributed by atoms with E-state index in [1.165, 1.54) is 0 Å². The third-order valence-electron chi connectivity index (χ3n) is 3.43. The van der Waals surface area contributed by atoms with Gasteiger partial charge in [-0.2, -0.15) is 8.78 Å². The predicted molar refractivity (Wildman–Crippen MR) is 83.2 cm³/mol. The number of benzene rings is 1. The molecular weight excluding hydrogens is 350 g/mol. The Hall–Kier alpha value is -1.23. The highest BCUT2D eigenvalue weighted by Gasteiger charge is 2.38. The summed E-state index contributed by atoms with van der Waals surface area (Å²) in [5, 5.41) is -0.395. The lowest BCUT2D eigenvalue weighted by Gasteiger charge is -2.33. The summed E-state index contributed by atoms with van der Waals surface area (Å²) < 4.78 is 71.3. The first-order chi connectivity index (χ1) is 10.7. The second-order valence-electron chi connectivity index (χ2n) is 7.43. The van der Waals surface area contributed by atoms with Crippen LogP contribution in [0.3, 0.4) is 0 Å². The van der Waals surface area contributed by atoms with Gasteiger partial charge in [-0.3, -0.25) is 4.79 Å². The van der Waals surface area contributed by atoms with Gasteiger partial charge in [0.05, 0.1) is 5.92 Å². The molecule has 0 N–H and O–H groups in total. The highest BCUT2D eigenvalue weighted by atomic mass is 31.0. The molecule has 0 aliphatic heterocycles. The van der Waals surface area contributed by atoms with Crippen LogP contribution in [0, 0.1) is 40.4 Å². The van der Waals surface area contributed by atoms with Crippen LogP contribution in [0.1, 0.15) is 41.0 Å². The summed E-state index contributed by atoms with van der Waals surface area (Å²) in [4.78, 5) is 12.3. The van der Waals surface area contributed by atoms with Crippen molar-refractivity contribution < 1.29 is 31.5 Å². The van der Waals surface area contributed by atoms with Crippen LogP contribution in [0.25, 0.3) is 0 Å². The molecule has 0 saturated heterocycles. The van der Waals surface area contributed by atoms with Gasteiger partial charge in [0.1, 0.15) is 0 Å². The molecule has 136 valence electrons. The summed E-state index contributed by atoms with van der Waals surface area (Å²) in [6, 6.07) is 0. The van der Waals surface area contributed by atoms with Gasteiger partial charge in [0.15, 0.2) is 0 Å². The summed E-state index contributed by atoms with van der Waals surface area (Å²) in [7, 11) is 2.53. The molecule has 0 heterocycles. The molecule has 0 radical (unpaired) electrons. The molecule has 2 atom stereocenters. The Morgan fingerprint density at radius 3 is 1.62 bits per heavy atom. The van der Waals surface area contributed by atoms with Crippen molar-refractivity contribution in [1.82, 2.24) is 0 Å². The fourth-order valence-electron chi connectivity index (χ4n) is 2.12. The quantitative estimate of drug-likeness (QED) is 0.186. The molecule has 0 aliphatic carbocycles. The topological polar surface area (TPSA) is 26.3 Å². The van der Waals surface area contributed by atoms with E-state index in [4.69, 9.17) is 0 Å². The van der Waals surface area contributed by atoms with Gasteiger partial charge in [-0.25, -0.2) is 13.2 Å². The van der Waals surface area contributed by atoms with Crippen LogP contribution < -0.4 is 4.74 Å². The summed E-state index contributed by atoms with van der Waals surface area (Å²) in [6.45, 7) is 8.79. The Morgan fingerprint density at radius 1 is 0.917 bits per heavy atom. The number of esters is 1. The average molecular weight is 370 g/mol. The molecular formula is C16H20F5O2P. The number of ether oxygens (including phenoxy) is 1. The third kappa shape index (κ3) is 4.65. The Labute approximate surface area is 140 Å². The van der Waals surface area contributed by atoms with Gasteiger partial charge in [0.2, 0.25) is 34.8 Å². The SMILES string of the molecule is CC(C)(P)CC(C(=O)Oc1c(F)c(F)c(F)c(F)c1F)C(C)(C)C. The van der Waals surface area contributed by atoms with Crippen molar-refractivity contribution in [3.05, 3.63) is 29.1 Å². The van der Waals surface area contributed by atoms with Crippen molar-refractivity contribution in [1.29, 1.82) is 0 Å². The molecule has 2 nitrogen and oxygen atoms in total. The molecule has 0 aliphatic rings. The first kappa shape index (κ1) is 20.8. The van der Waals surface area contributed by atoms with Crippen LogP contribution in [0.4, 0.5) is 22.0 Å². The monoisotopic (exact) mass is 370 g/mol. The number of halogens is 5. The molecule has 24 heavy (non-hydrogen) atoms. The van der Waals surface area contributed by atoms with Crippen LogP contribution in [-0.2, 0) is 4.79 Å². The molecule has 1 aromatic carbocycles. The van der Waals surface area contributed by atoms with E-state index in [0.717, 1.165) is 0 Å². The Bertz CT molecular complexity index is 618. The first-order valence-electron chi connectivity index (χ1n) is 7.19. The standard InChI is InChI=1S/C16H20F5O2P/c1-15(2,3)7(6-16(4,5)24)14(22)23-13-11(20)9(18)8(17)10(19)12(13)21/h7H,6,24H2,1-5H3. The normalized spacial score (nSPS) is 13.8. The fraction of sp³-hybridized carbons (Fsp3) is 0.562. The van der Waals surface area contributed by atoms with Crippen LogP contribution in [-0.4, -0.2) is 11.1 Å². The number of hydrogen-bond donors (Lipinski definition) is 0. The number of carbonyl (C=O) groups is 1. The van der Waals surface area contributed by atoms with E-state index in [1.54, 1.807) is 20.8 Å². The molecule has 1 aromatic rings. The van der Waals surface area contributed by atoms with Crippen LogP contribution >= 0.6 is 9.24 Å². The summed E-state index contributed by atoms with van der Waals surface area (Å²) in [6.07, 6.45) is 0.273. The van der Waals surface area contributed by atoms with Crippen LogP contribution in [0.15, 0.2) is 0 Å². The zero-order valence-corrected chi connectivity index (χ0v) is 15.2. The molecule has 0 amide bonds. The van der Waals surface area contributed by atoms with Crippen molar-refractivity contribution in [2.45, 2.75) is 46.2 Å². The van der Waals surface area contributed by atoms with E-state index in [9.17, 15) is 26.7 Å². The molecule has 0 bridgehead atoms. The maximum atomic E-state index is 13.7. The largest absolute Gasteiger partial charge is 0.420 e. The summed E-state index contributed by atoms with van der Waals surface area (Å²) in [5.74, 6) is -14.4. The van der Waals surface area contributed by atoms with Crippen molar-refractivity contribution >= 4 is 15.2 Å². The highest BCUT2D eigenvalue weighted by Crippen LogP contribution is 2.38. The average Bonchev–Trinajstić information content (AvgIpc) is 2.43. The smallest absolute Gasteiger partial charge is 0.315 e. The van der Waals surface area contributed by atoms with E-state index in [1.807, 2.05) is 13.8 Å². The molecule has 8 heteroatoms. The summed E-state index contributed by atoms with van der Waals surface area (Å²) in [5.41, 5.74) is -0.644. The minimum absolute atomic E-state index is 0.273. The number of hydrogen-bond acceptors (Lipinski definition) is 2. The summed E-state index contributed by atoms with van der Waals surface area (Å²) >= 11 is 0. The number of rotatable bonds is 4. The third-order valence-corrected chi connectivity index (χ3v) is 3.67. The van der Waals surface area contributed by atoms with Gasteiger partial charge < -0.3 is 4.74 Å². The van der Waals surface area contributed by atoms with Crippen molar-refractivity contribution in [2.75, 3.05) is 0 Å². The molecule has 0 spiro atoms. The molecule has 0 fully saturated rings. The van der Waals surface area contributed by atoms with E-state index in [0.29, 0.717) is 0 Å². The zero-order chi connectivity index (χ0) is 19.0. The van der Waals surface area contributed by atoms with Gasteiger partial charge in [-0.05, 0) is 17.0 Å². The predicted octanol–water partition coefficient (Wildman–Crippen LogP) is 4.99. The van der Waals surface area contributed by atoms with Gasteiger partial charge >= 0.3 is 5.97 Å². The first-order valence-corrected chi connectivity index (χ1v) is 7.76. The Kier molecular flexibility index (Phi) is 6.02. The van der Waals surface area contributed by atoms with Gasteiger partial charge in [0, 0.05) is 0 Å². The van der Waals surface area contributed by atoms with Gasteiger partial charge in [0.25, 0.3) is 0 Å². The second-order valence-corrected chi connectivity index (χ2v) is 8.99. The lowest BCUT2D eigenvalue weighted by Crippen LogP contribution is -2.36. The Morgan fingerprint density at radius 2 is 1.29 bits per heavy atom. The van der Waals surface area contributed by atoms with E-state index in [2.05, 4.69) is 14.0 Å². The van der Waals surface area contributed by atoms with Crippen molar-refractivity contribution in [3.63, 3.8) is 0 Å². The van der Waals surface area contributed by atoms with Crippen molar-refractivity contribution in [2.24, 2.45) is 11.3 Å². The highest BCUT2D eigenvalue weighted by molar-refractivity contribution is 7.18. The maximum absolute atomic E-state index is 13.7. The van der Waals surface area contributed by atoms with E-state index < -0.39 is 57.3 Å². The minimum atomic E-state index is -2.30. The van der Waals surface area contributed by atoms with Crippen molar-refractivity contribution in [3.8, 4) is 5.75 Å². The van der Waals surface area contributed by atoms with E-state index in [-0.39, 0.29) is 6.42 Å². The van der Waals surface area contributed by atoms with Gasteiger partial charge in [-0.1, -0.05) is 34.6 Å². The van der Waals surface area contributed by atoms with Gasteiger partial charge in [-0.15, -0.1) is 9.24 Å². The van der Waals surface area contributed by atoms with Crippen LogP contribution in [0.2, 0.25) is 0 Å². The zero-order valence-electron chi connectivity index (χ0n) is 14.1. The number of carbonyl (C=O) groups excluding carboxylic acids is 1. The lowest BCUT2D eigenvalue weighted by atomic mass is 9.76. The minimum Gasteiger partial charge on any atom is -0.420 e.